The Hall–Kier alpha value is -2.79. The van der Waals surface area contributed by atoms with Gasteiger partial charge in [-0.25, -0.2) is 15.0 Å². The normalized spacial score (nSPS) is 14.4. The molecule has 1 amide bonds. The van der Waals surface area contributed by atoms with E-state index < -0.39 is 0 Å². The summed E-state index contributed by atoms with van der Waals surface area (Å²) >= 11 is 2.59. The Kier molecular flexibility index (Phi) is 5.21. The second-order valence-corrected chi connectivity index (χ2v) is 8.61. The lowest BCUT2D eigenvalue weighted by Gasteiger charge is -2.26. The van der Waals surface area contributed by atoms with Gasteiger partial charge in [0, 0.05) is 48.3 Å². The molecule has 8 nitrogen and oxygen atoms in total. The van der Waals surface area contributed by atoms with Crippen molar-refractivity contribution in [3.8, 4) is 0 Å². The molecule has 0 saturated carbocycles. The number of anilines is 2. The standard InChI is InChI=1S/C20H19N7OS2/c21-30-14-3-1-2-13(10-14)24-20-23-11-12-4-5-15-17(16(12)26-20)25-18(29-15)19(28)27-8-6-22-7-9-27/h1-5,10-11,22H,6-9,21H2,(H,23,24,26). The third-order valence-corrected chi connectivity index (χ3v) is 6.46. The second-order valence-electron chi connectivity index (χ2n) is 6.88. The van der Waals surface area contributed by atoms with Gasteiger partial charge in [0.1, 0.15) is 11.0 Å². The number of nitrogens with two attached hydrogens (primary N) is 1. The molecule has 0 atom stereocenters. The van der Waals surface area contributed by atoms with Gasteiger partial charge in [0.15, 0.2) is 5.01 Å². The summed E-state index contributed by atoms with van der Waals surface area (Å²) in [6.07, 6.45) is 1.77. The van der Waals surface area contributed by atoms with Gasteiger partial charge in [-0.3, -0.25) is 9.93 Å². The quantitative estimate of drug-likeness (QED) is 0.418. The minimum absolute atomic E-state index is 0.0191. The van der Waals surface area contributed by atoms with Crippen LogP contribution in [0.4, 0.5) is 11.6 Å². The number of rotatable bonds is 4. The molecule has 1 aliphatic rings. The van der Waals surface area contributed by atoms with Crippen LogP contribution in [0.5, 0.6) is 0 Å². The van der Waals surface area contributed by atoms with Crippen molar-refractivity contribution >= 4 is 61.9 Å². The van der Waals surface area contributed by atoms with Crippen LogP contribution in [0.25, 0.3) is 21.1 Å². The number of piperazine rings is 1. The van der Waals surface area contributed by atoms with Gasteiger partial charge in [-0.05, 0) is 42.3 Å². The van der Waals surface area contributed by atoms with Crippen molar-refractivity contribution in [2.75, 3.05) is 31.5 Å². The summed E-state index contributed by atoms with van der Waals surface area (Å²) in [6, 6.07) is 11.7. The van der Waals surface area contributed by atoms with E-state index in [1.165, 1.54) is 23.3 Å². The van der Waals surface area contributed by atoms with Crippen LogP contribution in [-0.2, 0) is 0 Å². The highest BCUT2D eigenvalue weighted by molar-refractivity contribution is 7.97. The number of carbonyl (C=O) groups is 1. The van der Waals surface area contributed by atoms with Crippen molar-refractivity contribution in [1.82, 2.24) is 25.2 Å². The van der Waals surface area contributed by atoms with Gasteiger partial charge in [-0.15, -0.1) is 11.3 Å². The first-order chi connectivity index (χ1) is 14.7. The average Bonchev–Trinajstić information content (AvgIpc) is 3.24. The molecule has 10 heteroatoms. The number of carbonyl (C=O) groups excluding carboxylic acids is 1. The van der Waals surface area contributed by atoms with Gasteiger partial charge in [-0.2, -0.15) is 0 Å². The second kappa shape index (κ2) is 8.15. The van der Waals surface area contributed by atoms with Crippen LogP contribution in [0.2, 0.25) is 0 Å². The van der Waals surface area contributed by atoms with E-state index in [4.69, 9.17) is 5.14 Å². The molecule has 5 rings (SSSR count). The van der Waals surface area contributed by atoms with Gasteiger partial charge in [0.05, 0.1) is 4.70 Å². The van der Waals surface area contributed by atoms with Crippen molar-refractivity contribution in [2.24, 2.45) is 5.14 Å². The highest BCUT2D eigenvalue weighted by Crippen LogP contribution is 2.30. The molecule has 3 heterocycles. The zero-order valence-electron chi connectivity index (χ0n) is 16.0. The summed E-state index contributed by atoms with van der Waals surface area (Å²) in [6.45, 7) is 3.02. The molecule has 4 aromatic rings. The number of amides is 1. The van der Waals surface area contributed by atoms with E-state index in [1.54, 1.807) is 6.20 Å². The number of hydrogen-bond acceptors (Lipinski definition) is 9. The average molecular weight is 438 g/mol. The van der Waals surface area contributed by atoms with Crippen molar-refractivity contribution in [3.63, 3.8) is 0 Å². The summed E-state index contributed by atoms with van der Waals surface area (Å²) < 4.78 is 0.937. The van der Waals surface area contributed by atoms with E-state index in [0.29, 0.717) is 24.0 Å². The topological polar surface area (TPSA) is 109 Å². The molecule has 1 fully saturated rings. The summed E-state index contributed by atoms with van der Waals surface area (Å²) in [5.74, 6) is 0.450. The molecule has 30 heavy (non-hydrogen) atoms. The first-order valence-electron chi connectivity index (χ1n) is 9.51. The smallest absolute Gasteiger partial charge is 0.282 e. The zero-order chi connectivity index (χ0) is 20.5. The molecule has 152 valence electrons. The van der Waals surface area contributed by atoms with Crippen LogP contribution in [0.1, 0.15) is 9.80 Å². The Morgan fingerprint density at radius 2 is 2.03 bits per heavy atom. The molecule has 1 saturated heterocycles. The summed E-state index contributed by atoms with van der Waals surface area (Å²) in [5, 5.41) is 13.5. The van der Waals surface area contributed by atoms with Crippen molar-refractivity contribution in [1.29, 1.82) is 0 Å². The SMILES string of the molecule is NSc1cccc(Nc2ncc3ccc4sc(C(=O)N5CCNCC5)nc4c3n2)c1. The van der Waals surface area contributed by atoms with E-state index in [0.717, 1.165) is 44.8 Å². The lowest BCUT2D eigenvalue weighted by atomic mass is 10.2. The Balaban J connectivity index is 1.51. The minimum Gasteiger partial charge on any atom is -0.334 e. The van der Waals surface area contributed by atoms with Gasteiger partial charge in [0.25, 0.3) is 5.91 Å². The van der Waals surface area contributed by atoms with Crippen LogP contribution >= 0.6 is 23.3 Å². The van der Waals surface area contributed by atoms with E-state index in [9.17, 15) is 4.79 Å². The fraction of sp³-hybridized carbons (Fsp3) is 0.200. The monoisotopic (exact) mass is 437 g/mol. The number of nitrogens with one attached hydrogen (secondary N) is 2. The largest absolute Gasteiger partial charge is 0.334 e. The fourth-order valence-electron chi connectivity index (χ4n) is 3.41. The van der Waals surface area contributed by atoms with Gasteiger partial charge >= 0.3 is 0 Å². The van der Waals surface area contributed by atoms with Crippen LogP contribution in [0, 0.1) is 0 Å². The van der Waals surface area contributed by atoms with Crippen LogP contribution in [-0.4, -0.2) is 51.9 Å². The molecule has 0 unspecified atom stereocenters. The van der Waals surface area contributed by atoms with Gasteiger partial charge in [0.2, 0.25) is 5.95 Å². The minimum atomic E-state index is -0.0191. The van der Waals surface area contributed by atoms with E-state index in [-0.39, 0.29) is 5.91 Å². The van der Waals surface area contributed by atoms with E-state index in [1.807, 2.05) is 41.3 Å². The molecule has 0 aliphatic carbocycles. The first kappa shape index (κ1) is 19.2. The highest BCUT2D eigenvalue weighted by Gasteiger charge is 2.22. The molecule has 1 aliphatic heterocycles. The highest BCUT2D eigenvalue weighted by atomic mass is 32.2. The lowest BCUT2D eigenvalue weighted by Crippen LogP contribution is -2.46. The molecule has 2 aromatic heterocycles. The Bertz CT molecular complexity index is 1240. The summed E-state index contributed by atoms with van der Waals surface area (Å²) in [7, 11) is 0. The fourth-order valence-corrected chi connectivity index (χ4v) is 4.70. The van der Waals surface area contributed by atoms with Crippen molar-refractivity contribution < 1.29 is 4.79 Å². The predicted molar refractivity (Wildman–Crippen MR) is 121 cm³/mol. The number of nitrogens with zero attached hydrogens (tertiary/aromatic N) is 4. The number of benzene rings is 2. The molecule has 0 radical (unpaired) electrons. The Morgan fingerprint density at radius 3 is 2.87 bits per heavy atom. The third-order valence-electron chi connectivity index (χ3n) is 4.92. The van der Waals surface area contributed by atoms with Crippen LogP contribution in [0.3, 0.4) is 0 Å². The maximum atomic E-state index is 12.9. The first-order valence-corrected chi connectivity index (χ1v) is 11.2. The zero-order valence-corrected chi connectivity index (χ0v) is 17.6. The third kappa shape index (κ3) is 3.70. The van der Waals surface area contributed by atoms with E-state index in [2.05, 4.69) is 25.6 Å². The molecule has 2 aromatic carbocycles. The summed E-state index contributed by atoms with van der Waals surface area (Å²) in [5.41, 5.74) is 2.31. The number of thiazole rings is 1. The van der Waals surface area contributed by atoms with Gasteiger partial charge in [-0.1, -0.05) is 6.07 Å². The summed E-state index contributed by atoms with van der Waals surface area (Å²) in [4.78, 5) is 29.4. The molecule has 0 spiro atoms. The Morgan fingerprint density at radius 1 is 1.17 bits per heavy atom. The molecule has 0 bridgehead atoms. The molecular formula is C20H19N7OS2. The Labute approximate surface area is 181 Å². The maximum Gasteiger partial charge on any atom is 0.282 e. The van der Waals surface area contributed by atoms with E-state index >= 15 is 0 Å². The number of fused-ring (bicyclic) bond motifs is 3. The number of aromatic nitrogens is 3. The molecule has 4 N–H and O–H groups in total. The van der Waals surface area contributed by atoms with Crippen LogP contribution in [0.15, 0.2) is 47.5 Å². The predicted octanol–water partition coefficient (Wildman–Crippen LogP) is 2.99. The lowest BCUT2D eigenvalue weighted by molar-refractivity contribution is 0.0735. The van der Waals surface area contributed by atoms with Gasteiger partial charge < -0.3 is 15.5 Å². The number of hydrogen-bond donors (Lipinski definition) is 3. The van der Waals surface area contributed by atoms with Crippen LogP contribution < -0.4 is 15.8 Å². The van der Waals surface area contributed by atoms with Crippen molar-refractivity contribution in [3.05, 3.63) is 47.6 Å². The maximum absolute atomic E-state index is 12.9. The molecular weight excluding hydrogens is 418 g/mol. The van der Waals surface area contributed by atoms with Crippen molar-refractivity contribution in [2.45, 2.75) is 4.90 Å².